The maximum Gasteiger partial charge on any atom is 0.305 e. The molecular formula is C16H30O4. The van der Waals surface area contributed by atoms with Crippen LogP contribution in [0.25, 0.3) is 0 Å². The Morgan fingerprint density at radius 1 is 1.15 bits per heavy atom. The smallest absolute Gasteiger partial charge is 0.305 e. The van der Waals surface area contributed by atoms with Gasteiger partial charge in [-0.3, -0.25) is 4.79 Å². The number of esters is 1. The summed E-state index contributed by atoms with van der Waals surface area (Å²) in [4.78, 5) is 11.6. The maximum atomic E-state index is 11.6. The number of rotatable bonds is 10. The number of carbonyl (C=O) groups excluding carboxylic acids is 1. The van der Waals surface area contributed by atoms with Crippen molar-refractivity contribution in [2.45, 2.75) is 84.0 Å². The van der Waals surface area contributed by atoms with E-state index in [-0.39, 0.29) is 12.1 Å². The summed E-state index contributed by atoms with van der Waals surface area (Å²) in [5.41, 5.74) is 0. The molecule has 1 aliphatic rings. The number of unbranched alkanes of at least 4 members (excludes halogenated alkanes) is 4. The summed E-state index contributed by atoms with van der Waals surface area (Å²) in [7, 11) is 0. The Morgan fingerprint density at radius 2 is 1.85 bits per heavy atom. The topological polar surface area (TPSA) is 44.8 Å². The van der Waals surface area contributed by atoms with Gasteiger partial charge in [0.1, 0.15) is 12.7 Å². The lowest BCUT2D eigenvalue weighted by Gasteiger charge is -2.24. The molecule has 118 valence electrons. The van der Waals surface area contributed by atoms with Gasteiger partial charge < -0.3 is 14.2 Å². The zero-order valence-electron chi connectivity index (χ0n) is 13.3. The van der Waals surface area contributed by atoms with E-state index in [1.54, 1.807) is 0 Å². The molecule has 0 aromatic carbocycles. The number of ether oxygens (including phenoxy) is 3. The van der Waals surface area contributed by atoms with Crippen LogP contribution in [0.2, 0.25) is 0 Å². The second-order valence-electron chi connectivity index (χ2n) is 5.52. The molecule has 0 N–H and O–H groups in total. The first-order valence-electron chi connectivity index (χ1n) is 8.13. The van der Waals surface area contributed by atoms with Crippen LogP contribution in [0.5, 0.6) is 0 Å². The molecule has 0 saturated carbocycles. The largest absolute Gasteiger partial charge is 0.463 e. The Kier molecular flexibility index (Phi) is 8.15. The summed E-state index contributed by atoms with van der Waals surface area (Å²) in [6, 6.07) is 0. The minimum Gasteiger partial charge on any atom is -0.463 e. The van der Waals surface area contributed by atoms with Crippen molar-refractivity contribution in [3.05, 3.63) is 0 Å². The van der Waals surface area contributed by atoms with Crippen molar-refractivity contribution in [2.24, 2.45) is 0 Å². The van der Waals surface area contributed by atoms with Gasteiger partial charge >= 0.3 is 5.97 Å². The monoisotopic (exact) mass is 286 g/mol. The Bertz CT molecular complexity index is 274. The lowest BCUT2D eigenvalue weighted by Crippen LogP contribution is -2.30. The van der Waals surface area contributed by atoms with Gasteiger partial charge in [-0.2, -0.15) is 0 Å². The van der Waals surface area contributed by atoms with Crippen LogP contribution in [0.3, 0.4) is 0 Å². The lowest BCUT2D eigenvalue weighted by atomic mass is 10.1. The van der Waals surface area contributed by atoms with Gasteiger partial charge in [-0.25, -0.2) is 0 Å². The minimum atomic E-state index is -0.461. The fourth-order valence-electron chi connectivity index (χ4n) is 2.45. The standard InChI is InChI=1S/C16H30O4/c1-4-7-8-9-10-11-15(17)18-12-14-13-19-16(5-2,6-3)20-14/h14H,4-13H2,1-3H3. The molecule has 1 heterocycles. The van der Waals surface area contributed by atoms with Gasteiger partial charge in [-0.15, -0.1) is 0 Å². The molecule has 0 aromatic rings. The van der Waals surface area contributed by atoms with Crippen molar-refractivity contribution < 1.29 is 19.0 Å². The third-order valence-corrected chi connectivity index (χ3v) is 3.91. The summed E-state index contributed by atoms with van der Waals surface area (Å²) < 4.78 is 16.8. The van der Waals surface area contributed by atoms with Gasteiger partial charge in [0.15, 0.2) is 5.79 Å². The highest BCUT2D eigenvalue weighted by atomic mass is 16.8. The van der Waals surface area contributed by atoms with E-state index in [0.717, 1.165) is 25.7 Å². The van der Waals surface area contributed by atoms with Crippen molar-refractivity contribution in [1.82, 2.24) is 0 Å². The quantitative estimate of drug-likeness (QED) is 0.452. The summed E-state index contributed by atoms with van der Waals surface area (Å²) >= 11 is 0. The molecular weight excluding hydrogens is 256 g/mol. The highest BCUT2D eigenvalue weighted by Gasteiger charge is 2.38. The van der Waals surface area contributed by atoms with Crippen molar-refractivity contribution in [3.63, 3.8) is 0 Å². The summed E-state index contributed by atoms with van der Waals surface area (Å²) in [5.74, 6) is -0.576. The molecule has 0 radical (unpaired) electrons. The van der Waals surface area contributed by atoms with Crippen molar-refractivity contribution in [2.75, 3.05) is 13.2 Å². The van der Waals surface area contributed by atoms with E-state index in [2.05, 4.69) is 6.92 Å². The fourth-order valence-corrected chi connectivity index (χ4v) is 2.45. The van der Waals surface area contributed by atoms with Gasteiger partial charge in [-0.1, -0.05) is 46.5 Å². The van der Waals surface area contributed by atoms with Crippen LogP contribution in [0.4, 0.5) is 0 Å². The summed E-state index contributed by atoms with van der Waals surface area (Å²) in [6.07, 6.45) is 7.77. The minimum absolute atomic E-state index is 0.112. The van der Waals surface area contributed by atoms with Gasteiger partial charge in [0.25, 0.3) is 0 Å². The number of hydrogen-bond acceptors (Lipinski definition) is 4. The first-order chi connectivity index (χ1) is 9.65. The predicted octanol–water partition coefficient (Wildman–Crippen LogP) is 3.82. The van der Waals surface area contributed by atoms with Crippen LogP contribution in [0, 0.1) is 0 Å². The second kappa shape index (κ2) is 9.35. The van der Waals surface area contributed by atoms with Crippen LogP contribution < -0.4 is 0 Å². The SMILES string of the molecule is CCCCCCCC(=O)OCC1COC(CC)(CC)O1. The molecule has 0 aromatic heterocycles. The van der Waals surface area contributed by atoms with Gasteiger partial charge in [0.05, 0.1) is 6.61 Å². The molecule has 1 fully saturated rings. The van der Waals surface area contributed by atoms with Crippen LogP contribution in [0.15, 0.2) is 0 Å². The zero-order chi connectivity index (χ0) is 14.8. The second-order valence-corrected chi connectivity index (χ2v) is 5.52. The van der Waals surface area contributed by atoms with Crippen LogP contribution >= 0.6 is 0 Å². The van der Waals surface area contributed by atoms with Crippen molar-refractivity contribution in [3.8, 4) is 0 Å². The van der Waals surface area contributed by atoms with Crippen molar-refractivity contribution in [1.29, 1.82) is 0 Å². The molecule has 0 bridgehead atoms. The first kappa shape index (κ1) is 17.4. The summed E-state index contributed by atoms with van der Waals surface area (Å²) in [5, 5.41) is 0. The van der Waals surface area contributed by atoms with E-state index in [0.29, 0.717) is 19.6 Å². The molecule has 4 heteroatoms. The predicted molar refractivity (Wildman–Crippen MR) is 78.5 cm³/mol. The van der Waals surface area contributed by atoms with Crippen LogP contribution in [0.1, 0.15) is 72.1 Å². The van der Waals surface area contributed by atoms with E-state index in [1.165, 1.54) is 19.3 Å². The molecule has 0 amide bonds. The Labute approximate surface area is 123 Å². The molecule has 1 rings (SSSR count). The molecule has 20 heavy (non-hydrogen) atoms. The van der Waals surface area contributed by atoms with E-state index in [9.17, 15) is 4.79 Å². The van der Waals surface area contributed by atoms with Gasteiger partial charge in [0, 0.05) is 6.42 Å². The van der Waals surface area contributed by atoms with E-state index in [4.69, 9.17) is 14.2 Å². The molecule has 0 aliphatic carbocycles. The lowest BCUT2D eigenvalue weighted by molar-refractivity contribution is -0.179. The van der Waals surface area contributed by atoms with Crippen molar-refractivity contribution >= 4 is 5.97 Å². The Hall–Kier alpha value is -0.610. The first-order valence-corrected chi connectivity index (χ1v) is 8.13. The average Bonchev–Trinajstić information content (AvgIpc) is 2.89. The summed E-state index contributed by atoms with van der Waals surface area (Å²) in [6.45, 7) is 7.12. The van der Waals surface area contributed by atoms with E-state index < -0.39 is 5.79 Å². The molecule has 1 saturated heterocycles. The highest BCUT2D eigenvalue weighted by molar-refractivity contribution is 5.69. The van der Waals surface area contributed by atoms with E-state index in [1.807, 2.05) is 13.8 Å². The third-order valence-electron chi connectivity index (χ3n) is 3.91. The van der Waals surface area contributed by atoms with Gasteiger partial charge in [0.2, 0.25) is 0 Å². The highest BCUT2D eigenvalue weighted by Crippen LogP contribution is 2.30. The zero-order valence-corrected chi connectivity index (χ0v) is 13.3. The van der Waals surface area contributed by atoms with Crippen LogP contribution in [-0.2, 0) is 19.0 Å². The molecule has 1 unspecified atom stereocenters. The Morgan fingerprint density at radius 3 is 2.45 bits per heavy atom. The maximum absolute atomic E-state index is 11.6. The molecule has 0 spiro atoms. The van der Waals surface area contributed by atoms with E-state index >= 15 is 0 Å². The Balaban J connectivity index is 2.10. The third kappa shape index (κ3) is 5.80. The molecule has 1 atom stereocenters. The number of carbonyl (C=O) groups is 1. The fraction of sp³-hybridized carbons (Fsp3) is 0.938. The number of hydrogen-bond donors (Lipinski definition) is 0. The molecule has 1 aliphatic heterocycles. The molecule has 4 nitrogen and oxygen atoms in total. The normalized spacial score (nSPS) is 21.1. The van der Waals surface area contributed by atoms with Crippen LogP contribution in [-0.4, -0.2) is 31.1 Å². The average molecular weight is 286 g/mol. The van der Waals surface area contributed by atoms with Gasteiger partial charge in [-0.05, 0) is 19.3 Å².